The summed E-state index contributed by atoms with van der Waals surface area (Å²) in [7, 11) is 0. The molecule has 1 saturated heterocycles. The molecule has 0 unspecified atom stereocenters. The Labute approximate surface area is 180 Å². The average molecular weight is 421 g/mol. The van der Waals surface area contributed by atoms with Crippen LogP contribution in [0.2, 0.25) is 0 Å². The minimum atomic E-state index is -0.832. The van der Waals surface area contributed by atoms with Gasteiger partial charge in [0, 0.05) is 38.6 Å². The van der Waals surface area contributed by atoms with Gasteiger partial charge in [0.2, 0.25) is 5.95 Å². The number of benzene rings is 1. The van der Waals surface area contributed by atoms with Gasteiger partial charge in [-0.05, 0) is 36.8 Å². The van der Waals surface area contributed by atoms with Gasteiger partial charge >= 0.3 is 5.97 Å². The van der Waals surface area contributed by atoms with Crippen molar-refractivity contribution >= 4 is 23.9 Å². The number of amides is 1. The van der Waals surface area contributed by atoms with E-state index in [0.29, 0.717) is 50.0 Å². The van der Waals surface area contributed by atoms with Crippen LogP contribution in [-0.4, -0.2) is 66.1 Å². The second-order valence-corrected chi connectivity index (χ2v) is 6.66. The van der Waals surface area contributed by atoms with Crippen molar-refractivity contribution in [1.29, 1.82) is 5.26 Å². The Bertz CT molecular complexity index is 962. The van der Waals surface area contributed by atoms with Gasteiger partial charge in [0.1, 0.15) is 17.4 Å². The minimum Gasteiger partial charge on any atom is -0.494 e. The third-order valence-corrected chi connectivity index (χ3v) is 4.64. The van der Waals surface area contributed by atoms with Gasteiger partial charge in [-0.25, -0.2) is 14.8 Å². The lowest BCUT2D eigenvalue weighted by Gasteiger charge is -2.34. The van der Waals surface area contributed by atoms with Gasteiger partial charge in [-0.15, -0.1) is 0 Å². The highest BCUT2D eigenvalue weighted by Gasteiger charge is 2.23. The lowest BCUT2D eigenvalue weighted by molar-refractivity contribution is -0.148. The molecule has 0 bridgehead atoms. The summed E-state index contributed by atoms with van der Waals surface area (Å²) in [6, 6.07) is 10.5. The Kier molecular flexibility index (Phi) is 7.54. The van der Waals surface area contributed by atoms with E-state index in [2.05, 4.69) is 9.97 Å². The first-order valence-electron chi connectivity index (χ1n) is 9.92. The predicted octanol–water partition coefficient (Wildman–Crippen LogP) is 1.67. The smallest absolute Gasteiger partial charge is 0.349 e. The number of piperazine rings is 1. The number of hydrogen-bond acceptors (Lipinski definition) is 8. The number of nitriles is 1. The van der Waals surface area contributed by atoms with Gasteiger partial charge in [0.15, 0.2) is 6.61 Å². The molecular formula is C22H23N5O4. The number of esters is 1. The van der Waals surface area contributed by atoms with Gasteiger partial charge in [0.25, 0.3) is 5.91 Å². The topological polar surface area (TPSA) is 109 Å². The van der Waals surface area contributed by atoms with E-state index in [1.807, 2.05) is 17.9 Å². The molecule has 31 heavy (non-hydrogen) atoms. The summed E-state index contributed by atoms with van der Waals surface area (Å²) in [6.07, 6.45) is 4.76. The highest BCUT2D eigenvalue weighted by molar-refractivity contribution is 5.98. The molecule has 1 aliphatic rings. The summed E-state index contributed by atoms with van der Waals surface area (Å²) < 4.78 is 10.4. The standard InChI is InChI=1S/C22H23N5O4/c1-2-30-19-6-4-17(5-7-19)14-18(15-23)21(29)31-16-20(28)26-10-12-27(13-11-26)22-24-8-3-9-25-22/h3-9,14H,2,10-13,16H2,1H3/b18-14+. The molecule has 0 N–H and O–H groups in total. The van der Waals surface area contributed by atoms with Gasteiger partial charge < -0.3 is 19.3 Å². The van der Waals surface area contributed by atoms with Crippen molar-refractivity contribution in [1.82, 2.24) is 14.9 Å². The molecular weight excluding hydrogens is 398 g/mol. The van der Waals surface area contributed by atoms with E-state index < -0.39 is 12.6 Å². The molecule has 1 aromatic carbocycles. The highest BCUT2D eigenvalue weighted by Crippen LogP contribution is 2.15. The molecule has 0 saturated carbocycles. The second kappa shape index (κ2) is 10.7. The molecule has 0 spiro atoms. The van der Waals surface area contributed by atoms with Crippen molar-refractivity contribution < 1.29 is 19.1 Å². The van der Waals surface area contributed by atoms with E-state index in [4.69, 9.17) is 9.47 Å². The van der Waals surface area contributed by atoms with Crippen LogP contribution in [0.3, 0.4) is 0 Å². The summed E-state index contributed by atoms with van der Waals surface area (Å²) in [5.41, 5.74) is 0.477. The van der Waals surface area contributed by atoms with Crippen LogP contribution < -0.4 is 9.64 Å². The monoisotopic (exact) mass is 421 g/mol. The van der Waals surface area contributed by atoms with Crippen molar-refractivity contribution in [2.24, 2.45) is 0 Å². The Hall–Kier alpha value is -3.93. The van der Waals surface area contributed by atoms with Crippen LogP contribution >= 0.6 is 0 Å². The van der Waals surface area contributed by atoms with Crippen molar-refractivity contribution in [3.8, 4) is 11.8 Å². The average Bonchev–Trinajstić information content (AvgIpc) is 2.82. The van der Waals surface area contributed by atoms with Gasteiger partial charge in [-0.3, -0.25) is 4.79 Å². The first-order valence-corrected chi connectivity index (χ1v) is 9.92. The van der Waals surface area contributed by atoms with Crippen LogP contribution in [0, 0.1) is 11.3 Å². The number of hydrogen-bond donors (Lipinski definition) is 0. The molecule has 9 nitrogen and oxygen atoms in total. The lowest BCUT2D eigenvalue weighted by Crippen LogP contribution is -2.50. The van der Waals surface area contributed by atoms with Crippen LogP contribution in [0.25, 0.3) is 6.08 Å². The normalized spacial score (nSPS) is 14.0. The Morgan fingerprint density at radius 1 is 1.13 bits per heavy atom. The first-order chi connectivity index (χ1) is 15.1. The van der Waals surface area contributed by atoms with E-state index in [1.165, 1.54) is 6.08 Å². The predicted molar refractivity (Wildman–Crippen MR) is 113 cm³/mol. The van der Waals surface area contributed by atoms with Crippen molar-refractivity contribution in [3.63, 3.8) is 0 Å². The molecule has 1 aliphatic heterocycles. The van der Waals surface area contributed by atoms with Gasteiger partial charge in [0.05, 0.1) is 6.61 Å². The zero-order valence-corrected chi connectivity index (χ0v) is 17.2. The van der Waals surface area contributed by atoms with E-state index in [1.54, 1.807) is 47.6 Å². The van der Waals surface area contributed by atoms with E-state index >= 15 is 0 Å². The Morgan fingerprint density at radius 3 is 2.42 bits per heavy atom. The maximum Gasteiger partial charge on any atom is 0.349 e. The molecule has 2 heterocycles. The lowest BCUT2D eigenvalue weighted by atomic mass is 10.1. The molecule has 160 valence electrons. The molecule has 0 atom stereocenters. The molecule has 0 aliphatic carbocycles. The van der Waals surface area contributed by atoms with Crippen molar-refractivity contribution in [2.45, 2.75) is 6.92 Å². The quantitative estimate of drug-likeness (QED) is 0.377. The molecule has 1 fully saturated rings. The maximum atomic E-state index is 12.4. The van der Waals surface area contributed by atoms with Crippen LogP contribution in [0.15, 0.2) is 48.3 Å². The second-order valence-electron chi connectivity index (χ2n) is 6.66. The Balaban J connectivity index is 1.50. The fourth-order valence-corrected chi connectivity index (χ4v) is 3.04. The van der Waals surface area contributed by atoms with Crippen LogP contribution in [0.1, 0.15) is 12.5 Å². The summed E-state index contributed by atoms with van der Waals surface area (Å²) >= 11 is 0. The van der Waals surface area contributed by atoms with Gasteiger partial charge in [-0.2, -0.15) is 5.26 Å². The molecule has 1 amide bonds. The summed E-state index contributed by atoms with van der Waals surface area (Å²) in [5.74, 6) is 0.186. The van der Waals surface area contributed by atoms with Gasteiger partial charge in [-0.1, -0.05) is 12.1 Å². The highest BCUT2D eigenvalue weighted by atomic mass is 16.5. The number of carbonyl (C=O) groups excluding carboxylic acids is 2. The zero-order chi connectivity index (χ0) is 22.1. The number of carbonyl (C=O) groups is 2. The summed E-state index contributed by atoms with van der Waals surface area (Å²) in [5, 5.41) is 9.29. The van der Waals surface area contributed by atoms with E-state index in [0.717, 1.165) is 0 Å². The van der Waals surface area contributed by atoms with Crippen molar-refractivity contribution in [2.75, 3.05) is 44.3 Å². The van der Waals surface area contributed by atoms with Crippen LogP contribution in [0.5, 0.6) is 5.75 Å². The van der Waals surface area contributed by atoms with E-state index in [-0.39, 0.29) is 11.5 Å². The molecule has 3 rings (SSSR count). The first kappa shape index (κ1) is 21.8. The summed E-state index contributed by atoms with van der Waals surface area (Å²) in [6.45, 7) is 4.15. The molecule has 9 heteroatoms. The largest absolute Gasteiger partial charge is 0.494 e. The molecule has 0 radical (unpaired) electrons. The number of ether oxygens (including phenoxy) is 2. The third-order valence-electron chi connectivity index (χ3n) is 4.64. The summed E-state index contributed by atoms with van der Waals surface area (Å²) in [4.78, 5) is 36.7. The molecule has 2 aromatic rings. The Morgan fingerprint density at radius 2 is 1.81 bits per heavy atom. The van der Waals surface area contributed by atoms with Crippen LogP contribution in [0.4, 0.5) is 5.95 Å². The van der Waals surface area contributed by atoms with Crippen molar-refractivity contribution in [3.05, 3.63) is 53.9 Å². The van der Waals surface area contributed by atoms with Crippen LogP contribution in [-0.2, 0) is 14.3 Å². The SMILES string of the molecule is CCOc1ccc(/C=C(\C#N)C(=O)OCC(=O)N2CCN(c3ncccn3)CC2)cc1. The third kappa shape index (κ3) is 6.02. The molecule has 1 aromatic heterocycles. The number of anilines is 1. The van der Waals surface area contributed by atoms with E-state index in [9.17, 15) is 14.9 Å². The number of rotatable bonds is 7. The minimum absolute atomic E-state index is 0.178. The number of aromatic nitrogens is 2. The number of nitrogens with zero attached hydrogens (tertiary/aromatic N) is 5. The zero-order valence-electron chi connectivity index (χ0n) is 17.2. The fraction of sp³-hybridized carbons (Fsp3) is 0.318. The maximum absolute atomic E-state index is 12.4. The fourth-order valence-electron chi connectivity index (χ4n) is 3.04.